The zero-order valence-electron chi connectivity index (χ0n) is 14.9. The summed E-state index contributed by atoms with van der Waals surface area (Å²) >= 11 is 5.89. The first-order valence-electron chi connectivity index (χ1n) is 8.72. The number of hydrogen-bond acceptors (Lipinski definition) is 3. The molecule has 1 aliphatic rings. The maximum absolute atomic E-state index is 13.0. The predicted molar refractivity (Wildman–Crippen MR) is 95.9 cm³/mol. The maximum atomic E-state index is 13.0. The molecule has 0 unspecified atom stereocenters. The molecule has 0 spiro atoms. The molecular formula is C19H17ClF6N2O. The van der Waals surface area contributed by atoms with Gasteiger partial charge >= 0.3 is 12.5 Å². The number of nitrogens with zero attached hydrogens (tertiary/aromatic N) is 1. The van der Waals surface area contributed by atoms with E-state index in [0.717, 1.165) is 6.07 Å². The molecule has 1 atom stereocenters. The number of hydrogen-bond donors (Lipinski definition) is 1. The van der Waals surface area contributed by atoms with E-state index in [2.05, 4.69) is 10.1 Å². The van der Waals surface area contributed by atoms with Crippen molar-refractivity contribution in [3.8, 4) is 5.75 Å². The summed E-state index contributed by atoms with van der Waals surface area (Å²) in [4.78, 5) is 2.04. The topological polar surface area (TPSA) is 24.5 Å². The van der Waals surface area contributed by atoms with Crippen LogP contribution >= 0.6 is 11.6 Å². The van der Waals surface area contributed by atoms with E-state index in [1.165, 1.54) is 36.4 Å². The Bertz CT molecular complexity index is 832. The van der Waals surface area contributed by atoms with E-state index < -0.39 is 29.2 Å². The van der Waals surface area contributed by atoms with Crippen molar-refractivity contribution in [2.24, 2.45) is 0 Å². The summed E-state index contributed by atoms with van der Waals surface area (Å²) in [5, 5.41) is 2.76. The fourth-order valence-electron chi connectivity index (χ4n) is 3.34. The number of alkyl halides is 6. The summed E-state index contributed by atoms with van der Waals surface area (Å²) in [6.07, 6.45) is -9.38. The summed E-state index contributed by atoms with van der Waals surface area (Å²) < 4.78 is 80.2. The molecule has 10 heteroatoms. The van der Waals surface area contributed by atoms with Gasteiger partial charge in [-0.3, -0.25) is 4.90 Å². The Morgan fingerprint density at radius 2 is 1.48 bits per heavy atom. The van der Waals surface area contributed by atoms with E-state index in [0.29, 0.717) is 37.3 Å². The maximum Gasteiger partial charge on any atom is 0.573 e. The van der Waals surface area contributed by atoms with Crippen LogP contribution < -0.4 is 10.1 Å². The highest BCUT2D eigenvalue weighted by Crippen LogP contribution is 2.38. The Balaban J connectivity index is 1.96. The molecule has 0 aromatic heterocycles. The van der Waals surface area contributed by atoms with Gasteiger partial charge in [-0.1, -0.05) is 29.8 Å². The number of piperazine rings is 1. The molecule has 1 saturated heterocycles. The monoisotopic (exact) mass is 438 g/mol. The van der Waals surface area contributed by atoms with Crippen LogP contribution in [0.1, 0.15) is 22.7 Å². The van der Waals surface area contributed by atoms with Crippen LogP contribution in [0.5, 0.6) is 5.75 Å². The van der Waals surface area contributed by atoms with Gasteiger partial charge in [0, 0.05) is 26.2 Å². The first-order chi connectivity index (χ1) is 13.5. The molecule has 1 N–H and O–H groups in total. The number of nitrogens with one attached hydrogen (secondary N) is 1. The second-order valence-corrected chi connectivity index (χ2v) is 6.95. The number of halogens is 7. The SMILES string of the molecule is FC(F)(F)Oc1ccc([C@H](c2ccc(C(F)(F)F)c(Cl)c2)N2CCNCC2)cc1. The van der Waals surface area contributed by atoms with Gasteiger partial charge in [0.05, 0.1) is 16.6 Å². The average molecular weight is 439 g/mol. The van der Waals surface area contributed by atoms with Gasteiger partial charge in [-0.05, 0) is 35.4 Å². The minimum absolute atomic E-state index is 0.370. The van der Waals surface area contributed by atoms with Crippen LogP contribution in [-0.2, 0) is 6.18 Å². The molecule has 2 aromatic rings. The summed E-state index contributed by atoms with van der Waals surface area (Å²) in [6.45, 7) is 2.59. The summed E-state index contributed by atoms with van der Waals surface area (Å²) in [5.41, 5.74) is 0.211. The van der Waals surface area contributed by atoms with Gasteiger partial charge in [-0.15, -0.1) is 13.2 Å². The normalized spacial score (nSPS) is 17.2. The fraction of sp³-hybridized carbons (Fsp3) is 0.368. The third-order valence-corrected chi connectivity index (χ3v) is 4.87. The van der Waals surface area contributed by atoms with E-state index in [-0.39, 0.29) is 5.75 Å². The molecule has 0 aliphatic carbocycles. The van der Waals surface area contributed by atoms with E-state index in [9.17, 15) is 26.3 Å². The van der Waals surface area contributed by atoms with Gasteiger partial charge in [0.1, 0.15) is 5.75 Å². The van der Waals surface area contributed by atoms with Crippen LogP contribution in [-0.4, -0.2) is 37.4 Å². The Morgan fingerprint density at radius 1 is 0.897 bits per heavy atom. The average Bonchev–Trinajstić information content (AvgIpc) is 2.62. The van der Waals surface area contributed by atoms with Crippen molar-refractivity contribution in [3.63, 3.8) is 0 Å². The van der Waals surface area contributed by atoms with Gasteiger partial charge < -0.3 is 10.1 Å². The van der Waals surface area contributed by atoms with Gasteiger partial charge in [0.2, 0.25) is 0 Å². The smallest absolute Gasteiger partial charge is 0.406 e. The lowest BCUT2D eigenvalue weighted by atomic mass is 9.95. The lowest BCUT2D eigenvalue weighted by molar-refractivity contribution is -0.274. The van der Waals surface area contributed by atoms with E-state index >= 15 is 0 Å². The molecule has 0 bridgehead atoms. The summed E-state index contributed by atoms with van der Waals surface area (Å²) in [7, 11) is 0. The van der Waals surface area contributed by atoms with Crippen LogP contribution in [0.15, 0.2) is 42.5 Å². The van der Waals surface area contributed by atoms with Crippen molar-refractivity contribution in [2.45, 2.75) is 18.6 Å². The molecule has 3 nitrogen and oxygen atoms in total. The van der Waals surface area contributed by atoms with Crippen LogP contribution in [0, 0.1) is 0 Å². The Kier molecular flexibility index (Phi) is 6.30. The van der Waals surface area contributed by atoms with Crippen molar-refractivity contribution >= 4 is 11.6 Å². The highest BCUT2D eigenvalue weighted by atomic mass is 35.5. The third-order valence-electron chi connectivity index (χ3n) is 4.56. The van der Waals surface area contributed by atoms with Crippen molar-refractivity contribution < 1.29 is 31.1 Å². The van der Waals surface area contributed by atoms with Gasteiger partial charge in [-0.2, -0.15) is 13.2 Å². The lowest BCUT2D eigenvalue weighted by Crippen LogP contribution is -2.45. The fourth-order valence-corrected chi connectivity index (χ4v) is 3.63. The van der Waals surface area contributed by atoms with Crippen molar-refractivity contribution in [2.75, 3.05) is 26.2 Å². The highest BCUT2D eigenvalue weighted by Gasteiger charge is 2.34. The zero-order valence-corrected chi connectivity index (χ0v) is 15.7. The molecule has 1 fully saturated rings. The van der Waals surface area contributed by atoms with Gasteiger partial charge in [-0.25, -0.2) is 0 Å². The summed E-state index contributed by atoms with van der Waals surface area (Å²) in [6, 6.07) is 8.38. The van der Waals surface area contributed by atoms with Gasteiger partial charge in [0.15, 0.2) is 0 Å². The number of rotatable bonds is 4. The van der Waals surface area contributed by atoms with E-state index in [1.54, 1.807) is 0 Å². The first-order valence-corrected chi connectivity index (χ1v) is 9.09. The molecule has 29 heavy (non-hydrogen) atoms. The Morgan fingerprint density at radius 3 is 2.00 bits per heavy atom. The van der Waals surface area contributed by atoms with E-state index in [4.69, 9.17) is 11.6 Å². The quantitative estimate of drug-likeness (QED) is 0.660. The second kappa shape index (κ2) is 8.41. The zero-order chi connectivity index (χ0) is 21.2. The number of ether oxygens (including phenoxy) is 1. The second-order valence-electron chi connectivity index (χ2n) is 6.54. The minimum atomic E-state index is -4.81. The largest absolute Gasteiger partial charge is 0.573 e. The van der Waals surface area contributed by atoms with Crippen molar-refractivity contribution in [1.29, 1.82) is 0 Å². The van der Waals surface area contributed by atoms with Crippen LogP contribution in [0.2, 0.25) is 5.02 Å². The first kappa shape index (κ1) is 21.7. The number of benzene rings is 2. The van der Waals surface area contributed by atoms with E-state index in [1.807, 2.05) is 4.90 Å². The van der Waals surface area contributed by atoms with Crippen molar-refractivity contribution in [3.05, 3.63) is 64.2 Å². The third kappa shape index (κ3) is 5.55. The van der Waals surface area contributed by atoms with Crippen molar-refractivity contribution in [1.82, 2.24) is 10.2 Å². The van der Waals surface area contributed by atoms with Crippen LogP contribution in [0.4, 0.5) is 26.3 Å². The molecule has 0 radical (unpaired) electrons. The molecular weight excluding hydrogens is 422 g/mol. The Hall–Kier alpha value is -1.97. The predicted octanol–water partition coefficient (Wildman–Crippen LogP) is 5.25. The minimum Gasteiger partial charge on any atom is -0.406 e. The molecule has 0 saturated carbocycles. The Labute approximate surface area is 168 Å². The molecule has 1 heterocycles. The molecule has 1 aliphatic heterocycles. The lowest BCUT2D eigenvalue weighted by Gasteiger charge is -2.36. The van der Waals surface area contributed by atoms with Gasteiger partial charge in [0.25, 0.3) is 0 Å². The van der Waals surface area contributed by atoms with Crippen LogP contribution in [0.3, 0.4) is 0 Å². The summed E-state index contributed by atoms with van der Waals surface area (Å²) in [5.74, 6) is -0.370. The molecule has 3 rings (SSSR count). The standard InChI is InChI=1S/C19H17ClF6N2O/c20-16-11-13(3-6-15(16)18(21,22)23)17(28-9-7-27-8-10-28)12-1-4-14(5-2-12)29-19(24,25)26/h1-6,11,17,27H,7-10H2/t17-/m1/s1. The molecule has 158 valence electrons. The molecule has 2 aromatic carbocycles. The highest BCUT2D eigenvalue weighted by molar-refractivity contribution is 6.31. The van der Waals surface area contributed by atoms with Crippen LogP contribution in [0.25, 0.3) is 0 Å². The molecule has 0 amide bonds.